The van der Waals surface area contributed by atoms with Crippen molar-refractivity contribution in [2.75, 3.05) is 19.5 Å². The number of ether oxygens (including phenoxy) is 2. The quantitative estimate of drug-likeness (QED) is 0.673. The van der Waals surface area contributed by atoms with Crippen LogP contribution in [0.4, 0.5) is 5.69 Å². The summed E-state index contributed by atoms with van der Waals surface area (Å²) >= 11 is 13.4. The summed E-state index contributed by atoms with van der Waals surface area (Å²) in [6.07, 6.45) is 0. The first-order chi connectivity index (χ1) is 10.1. The Balaban J connectivity index is 2.25. The predicted octanol–water partition coefficient (Wildman–Crippen LogP) is 5.49. The van der Waals surface area contributed by atoms with E-state index in [0.717, 1.165) is 20.2 Å². The number of halogens is 3. The van der Waals surface area contributed by atoms with Crippen LogP contribution in [0.5, 0.6) is 11.5 Å². The van der Waals surface area contributed by atoms with Crippen LogP contribution in [0.1, 0.15) is 5.56 Å². The molecule has 0 fully saturated rings. The van der Waals surface area contributed by atoms with E-state index in [2.05, 4.69) is 37.2 Å². The van der Waals surface area contributed by atoms with Gasteiger partial charge in [0.15, 0.2) is 11.5 Å². The van der Waals surface area contributed by atoms with E-state index < -0.39 is 0 Å². The second-order valence-corrected chi connectivity index (χ2v) is 6.31. The summed E-state index contributed by atoms with van der Waals surface area (Å²) in [6, 6.07) is 9.67. The summed E-state index contributed by atoms with van der Waals surface area (Å²) in [6.45, 7) is 0.570. The zero-order valence-electron chi connectivity index (χ0n) is 11.5. The molecule has 0 radical (unpaired) electrons. The van der Waals surface area contributed by atoms with E-state index in [0.29, 0.717) is 23.1 Å². The van der Waals surface area contributed by atoms with E-state index in [1.54, 1.807) is 14.2 Å². The highest BCUT2D eigenvalue weighted by Crippen LogP contribution is 2.38. The van der Waals surface area contributed by atoms with Gasteiger partial charge in [-0.2, -0.15) is 0 Å². The molecule has 0 amide bonds. The smallest absolute Gasteiger partial charge is 0.179 e. The van der Waals surface area contributed by atoms with E-state index >= 15 is 0 Å². The Labute approximate surface area is 145 Å². The number of rotatable bonds is 5. The topological polar surface area (TPSA) is 30.5 Å². The fourth-order valence-electron chi connectivity index (χ4n) is 1.92. The lowest BCUT2D eigenvalue weighted by Gasteiger charge is -2.15. The second kappa shape index (κ2) is 7.38. The van der Waals surface area contributed by atoms with Crippen molar-refractivity contribution in [3.05, 3.63) is 49.9 Å². The monoisotopic (exact) mass is 433 g/mol. The molecule has 6 heteroatoms. The third-order valence-corrected chi connectivity index (χ3v) is 4.72. The number of para-hydroxylation sites is 1. The molecule has 3 nitrogen and oxygen atoms in total. The van der Waals surface area contributed by atoms with Crippen LogP contribution < -0.4 is 14.8 Å². The molecule has 0 saturated heterocycles. The highest BCUT2D eigenvalue weighted by Gasteiger charge is 2.13. The highest BCUT2D eigenvalue weighted by molar-refractivity contribution is 9.11. The lowest BCUT2D eigenvalue weighted by atomic mass is 10.2. The molecule has 2 aromatic carbocycles. The fourth-order valence-corrected chi connectivity index (χ4v) is 3.50. The number of hydrogen-bond donors (Lipinski definition) is 1. The van der Waals surface area contributed by atoms with E-state index in [1.165, 1.54) is 0 Å². The Hall–Kier alpha value is -0.910. The van der Waals surface area contributed by atoms with E-state index in [-0.39, 0.29) is 0 Å². The molecule has 0 aliphatic carbocycles. The first-order valence-electron chi connectivity index (χ1n) is 6.15. The summed E-state index contributed by atoms with van der Waals surface area (Å²) in [5.41, 5.74) is 1.90. The van der Waals surface area contributed by atoms with Crippen LogP contribution >= 0.6 is 43.5 Å². The van der Waals surface area contributed by atoms with Gasteiger partial charge in [-0.3, -0.25) is 0 Å². The normalized spacial score (nSPS) is 10.3. The van der Waals surface area contributed by atoms with Crippen molar-refractivity contribution in [3.63, 3.8) is 0 Å². The van der Waals surface area contributed by atoms with Gasteiger partial charge in [0.05, 0.1) is 24.9 Å². The molecule has 0 aliphatic rings. The van der Waals surface area contributed by atoms with Crippen LogP contribution in [-0.4, -0.2) is 14.2 Å². The molecule has 2 rings (SSSR count). The molecule has 2 aromatic rings. The first-order valence-corrected chi connectivity index (χ1v) is 8.12. The maximum absolute atomic E-state index is 6.37. The number of hydrogen-bond acceptors (Lipinski definition) is 3. The zero-order valence-corrected chi connectivity index (χ0v) is 15.5. The van der Waals surface area contributed by atoms with Crippen molar-refractivity contribution >= 4 is 49.1 Å². The number of nitrogens with one attached hydrogen (secondary N) is 1. The van der Waals surface area contributed by atoms with Gasteiger partial charge in [0, 0.05) is 15.5 Å². The van der Waals surface area contributed by atoms with Gasteiger partial charge in [0.25, 0.3) is 0 Å². The Kier molecular flexibility index (Phi) is 5.79. The minimum atomic E-state index is 0.546. The Morgan fingerprint density at radius 3 is 2.29 bits per heavy atom. The average molecular weight is 436 g/mol. The average Bonchev–Trinajstić information content (AvgIpc) is 2.47. The summed E-state index contributed by atoms with van der Waals surface area (Å²) in [4.78, 5) is 0. The van der Waals surface area contributed by atoms with Crippen molar-refractivity contribution < 1.29 is 9.47 Å². The maximum Gasteiger partial charge on any atom is 0.179 e. The predicted molar refractivity (Wildman–Crippen MR) is 93.7 cm³/mol. The first kappa shape index (κ1) is 16.5. The molecule has 0 bridgehead atoms. The van der Waals surface area contributed by atoms with Crippen LogP contribution in [0.15, 0.2) is 39.3 Å². The van der Waals surface area contributed by atoms with Gasteiger partial charge in [-0.05, 0) is 55.6 Å². The molecular weight excluding hydrogens is 421 g/mol. The molecule has 0 heterocycles. The third kappa shape index (κ3) is 3.65. The summed E-state index contributed by atoms with van der Waals surface area (Å²) in [5, 5.41) is 3.90. The molecule has 112 valence electrons. The van der Waals surface area contributed by atoms with Gasteiger partial charge in [-0.1, -0.05) is 23.7 Å². The third-order valence-electron chi connectivity index (χ3n) is 2.98. The minimum absolute atomic E-state index is 0.546. The fraction of sp³-hybridized carbons (Fsp3) is 0.200. The summed E-state index contributed by atoms with van der Waals surface area (Å²) < 4.78 is 12.5. The molecular formula is C15H14Br2ClNO2. The molecule has 0 unspecified atom stereocenters. The van der Waals surface area contributed by atoms with Crippen LogP contribution in [0.2, 0.25) is 5.02 Å². The van der Waals surface area contributed by atoms with Crippen molar-refractivity contribution in [1.29, 1.82) is 0 Å². The minimum Gasteiger partial charge on any atom is -0.493 e. The van der Waals surface area contributed by atoms with Gasteiger partial charge in [0.2, 0.25) is 0 Å². The second-order valence-electron chi connectivity index (χ2n) is 4.22. The lowest BCUT2D eigenvalue weighted by Crippen LogP contribution is -2.03. The van der Waals surface area contributed by atoms with Crippen LogP contribution in [0.3, 0.4) is 0 Å². The number of benzene rings is 2. The van der Waals surface area contributed by atoms with Gasteiger partial charge in [0.1, 0.15) is 0 Å². The van der Waals surface area contributed by atoms with Gasteiger partial charge in [-0.15, -0.1) is 0 Å². The van der Waals surface area contributed by atoms with Crippen molar-refractivity contribution in [1.82, 2.24) is 0 Å². The molecule has 1 N–H and O–H groups in total. The summed E-state index contributed by atoms with van der Waals surface area (Å²) in [5.74, 6) is 1.16. The van der Waals surface area contributed by atoms with E-state index in [1.807, 2.05) is 30.3 Å². The molecule has 0 aliphatic heterocycles. The molecule has 0 aromatic heterocycles. The van der Waals surface area contributed by atoms with Crippen molar-refractivity contribution in [3.8, 4) is 11.5 Å². The van der Waals surface area contributed by atoms with Crippen LogP contribution in [-0.2, 0) is 6.54 Å². The highest BCUT2D eigenvalue weighted by atomic mass is 79.9. The van der Waals surface area contributed by atoms with Crippen LogP contribution in [0, 0.1) is 0 Å². The molecule has 0 spiro atoms. The van der Waals surface area contributed by atoms with Crippen LogP contribution in [0.25, 0.3) is 0 Å². The van der Waals surface area contributed by atoms with E-state index in [9.17, 15) is 0 Å². The lowest BCUT2D eigenvalue weighted by molar-refractivity contribution is 0.355. The SMILES string of the molecule is COc1ccc(CNc2c(Br)cccc2Br)c(Cl)c1OC. The summed E-state index contributed by atoms with van der Waals surface area (Å²) in [7, 11) is 3.16. The molecule has 0 saturated carbocycles. The Morgan fingerprint density at radius 2 is 1.71 bits per heavy atom. The Morgan fingerprint density at radius 1 is 1.05 bits per heavy atom. The Bertz CT molecular complexity index is 630. The van der Waals surface area contributed by atoms with Gasteiger partial charge in [-0.25, -0.2) is 0 Å². The zero-order chi connectivity index (χ0) is 15.4. The maximum atomic E-state index is 6.37. The molecule has 0 atom stereocenters. The molecule has 21 heavy (non-hydrogen) atoms. The van der Waals surface area contributed by atoms with Gasteiger partial charge < -0.3 is 14.8 Å². The van der Waals surface area contributed by atoms with Crippen molar-refractivity contribution in [2.45, 2.75) is 6.54 Å². The standard InChI is InChI=1S/C15H14Br2ClNO2/c1-20-12-7-6-9(13(18)15(12)21-2)8-19-14-10(16)4-3-5-11(14)17/h3-7,19H,8H2,1-2H3. The number of anilines is 1. The largest absolute Gasteiger partial charge is 0.493 e. The van der Waals surface area contributed by atoms with E-state index in [4.69, 9.17) is 21.1 Å². The van der Waals surface area contributed by atoms with Crippen molar-refractivity contribution in [2.24, 2.45) is 0 Å². The van der Waals surface area contributed by atoms with Gasteiger partial charge >= 0.3 is 0 Å². The number of methoxy groups -OCH3 is 2.